The number of amides is 1. The van der Waals surface area contributed by atoms with E-state index >= 15 is 0 Å². The van der Waals surface area contributed by atoms with Crippen LogP contribution in [0, 0.1) is 10.8 Å². The number of rotatable bonds is 11. The highest BCUT2D eigenvalue weighted by atomic mass is 16.2. The largest absolute Gasteiger partial charge is 0.384 e. The minimum absolute atomic E-state index is 0.0107. The van der Waals surface area contributed by atoms with Crippen molar-refractivity contribution in [3.8, 4) is 0 Å². The Bertz CT molecular complexity index is 1740. The number of amidine groups is 2. The molecule has 6 N–H and O–H groups in total. The number of benzene rings is 4. The van der Waals surface area contributed by atoms with Crippen LogP contribution in [-0.4, -0.2) is 27.1 Å². The van der Waals surface area contributed by atoms with Crippen LogP contribution in [0.4, 0.5) is 5.69 Å². The molecule has 0 spiro atoms. The number of hydrogen-bond acceptors (Lipinski definition) is 4. The van der Waals surface area contributed by atoms with Gasteiger partial charge in [0.25, 0.3) is 0 Å². The van der Waals surface area contributed by atoms with Crippen molar-refractivity contribution in [1.29, 1.82) is 10.8 Å². The molecular formula is C34H35N7O. The molecule has 4 aromatic carbocycles. The normalized spacial score (nSPS) is 11.0. The molecule has 0 saturated heterocycles. The van der Waals surface area contributed by atoms with E-state index in [2.05, 4.69) is 4.57 Å². The minimum Gasteiger partial charge on any atom is -0.384 e. The highest BCUT2D eigenvalue weighted by molar-refractivity contribution is 5.96. The summed E-state index contributed by atoms with van der Waals surface area (Å²) in [6, 6.07) is 31.2. The van der Waals surface area contributed by atoms with Crippen LogP contribution in [-0.2, 0) is 37.6 Å². The van der Waals surface area contributed by atoms with E-state index in [1.54, 1.807) is 6.07 Å². The summed E-state index contributed by atoms with van der Waals surface area (Å²) in [5.74, 6) is 1.05. The first-order chi connectivity index (χ1) is 20.3. The van der Waals surface area contributed by atoms with Gasteiger partial charge in [0.2, 0.25) is 5.91 Å². The maximum absolute atomic E-state index is 13.7. The average Bonchev–Trinajstić information content (AvgIpc) is 3.32. The van der Waals surface area contributed by atoms with E-state index in [0.717, 1.165) is 52.1 Å². The van der Waals surface area contributed by atoms with Crippen LogP contribution in [0.25, 0.3) is 11.0 Å². The van der Waals surface area contributed by atoms with Crippen LogP contribution in [0.5, 0.6) is 0 Å². The van der Waals surface area contributed by atoms with Gasteiger partial charge in [-0.1, -0.05) is 72.8 Å². The predicted octanol–water partition coefficient (Wildman–Crippen LogP) is 5.09. The fraction of sp³-hybridized carbons (Fsp3) is 0.176. The lowest BCUT2D eigenvalue weighted by molar-refractivity contribution is -0.118. The van der Waals surface area contributed by atoms with Gasteiger partial charge in [-0.05, 0) is 53.8 Å². The molecule has 0 aliphatic heterocycles. The first-order valence-corrected chi connectivity index (χ1v) is 13.9. The molecule has 5 aromatic rings. The molecule has 0 unspecified atom stereocenters. The number of nitrogens with zero attached hydrogens (tertiary/aromatic N) is 3. The Balaban J connectivity index is 1.37. The summed E-state index contributed by atoms with van der Waals surface area (Å²) >= 11 is 0. The summed E-state index contributed by atoms with van der Waals surface area (Å²) in [5, 5.41) is 15.3. The van der Waals surface area contributed by atoms with Gasteiger partial charge in [-0.15, -0.1) is 0 Å². The van der Waals surface area contributed by atoms with Crippen LogP contribution in [0.3, 0.4) is 0 Å². The molecule has 0 fully saturated rings. The molecule has 0 bridgehead atoms. The molecule has 1 amide bonds. The lowest BCUT2D eigenvalue weighted by atomic mass is 10.0. The lowest BCUT2D eigenvalue weighted by Crippen LogP contribution is -2.30. The molecule has 0 saturated carbocycles. The number of nitrogens with one attached hydrogen (secondary N) is 2. The third kappa shape index (κ3) is 6.55. The smallest absolute Gasteiger partial charge is 0.227 e. The maximum Gasteiger partial charge on any atom is 0.227 e. The number of hydrogen-bond donors (Lipinski definition) is 4. The Morgan fingerprint density at radius 1 is 0.762 bits per heavy atom. The molecule has 8 heteroatoms. The number of nitrogen functional groups attached to an aromatic ring is 2. The number of carbonyl (C=O) groups is 1. The highest BCUT2D eigenvalue weighted by Crippen LogP contribution is 2.26. The molecule has 0 radical (unpaired) electrons. The van der Waals surface area contributed by atoms with E-state index in [9.17, 15) is 4.79 Å². The number of aromatic nitrogens is 2. The lowest BCUT2D eigenvalue weighted by Gasteiger charge is -2.23. The number of anilines is 1. The van der Waals surface area contributed by atoms with E-state index in [0.29, 0.717) is 30.5 Å². The summed E-state index contributed by atoms with van der Waals surface area (Å²) in [5.41, 5.74) is 18.4. The molecule has 5 rings (SSSR count). The Hall–Kier alpha value is -5.24. The van der Waals surface area contributed by atoms with Crippen LogP contribution in [0.2, 0.25) is 0 Å². The second-order valence-electron chi connectivity index (χ2n) is 10.5. The van der Waals surface area contributed by atoms with Crippen molar-refractivity contribution in [2.24, 2.45) is 18.5 Å². The zero-order valence-electron chi connectivity index (χ0n) is 23.7. The molecule has 1 heterocycles. The van der Waals surface area contributed by atoms with Gasteiger partial charge in [-0.25, -0.2) is 4.98 Å². The topological polar surface area (TPSA) is 138 Å². The van der Waals surface area contributed by atoms with Crippen molar-refractivity contribution < 1.29 is 4.79 Å². The van der Waals surface area contributed by atoms with Crippen molar-refractivity contribution in [2.75, 3.05) is 4.90 Å². The van der Waals surface area contributed by atoms with Gasteiger partial charge < -0.3 is 20.9 Å². The van der Waals surface area contributed by atoms with Crippen molar-refractivity contribution >= 4 is 34.3 Å². The Labute approximate surface area is 245 Å². The van der Waals surface area contributed by atoms with Crippen LogP contribution in [0.15, 0.2) is 97.1 Å². The van der Waals surface area contributed by atoms with Gasteiger partial charge >= 0.3 is 0 Å². The maximum atomic E-state index is 13.7. The van der Waals surface area contributed by atoms with Gasteiger partial charge in [0.15, 0.2) is 0 Å². The van der Waals surface area contributed by atoms with E-state index < -0.39 is 0 Å². The number of fused-ring (bicyclic) bond motifs is 1. The molecule has 0 aliphatic rings. The van der Waals surface area contributed by atoms with Crippen molar-refractivity contribution in [1.82, 2.24) is 9.55 Å². The summed E-state index contributed by atoms with van der Waals surface area (Å²) in [7, 11) is 2.02. The first-order valence-electron chi connectivity index (χ1n) is 13.9. The van der Waals surface area contributed by atoms with Gasteiger partial charge in [-0.3, -0.25) is 15.6 Å². The minimum atomic E-state index is 0.0107. The van der Waals surface area contributed by atoms with Crippen LogP contribution in [0.1, 0.15) is 40.1 Å². The summed E-state index contributed by atoms with van der Waals surface area (Å²) in [6.45, 7) is 0.453. The molecule has 8 nitrogen and oxygen atoms in total. The molecule has 0 aliphatic carbocycles. The molecule has 0 atom stereocenters. The summed E-state index contributed by atoms with van der Waals surface area (Å²) in [4.78, 5) is 20.5. The highest BCUT2D eigenvalue weighted by Gasteiger charge is 2.19. The third-order valence-corrected chi connectivity index (χ3v) is 7.52. The number of aryl methyl sites for hydroxylation is 4. The second kappa shape index (κ2) is 12.5. The van der Waals surface area contributed by atoms with Gasteiger partial charge in [0.05, 0.1) is 17.6 Å². The van der Waals surface area contributed by atoms with E-state index in [-0.39, 0.29) is 17.6 Å². The first kappa shape index (κ1) is 28.3. The number of carbonyl (C=O) groups excluding carboxylic acids is 1. The standard InChI is InChI=1S/C34H35N7O/c1-40-30-17-16-28(21-29(30)39-31(40)18-12-23-10-14-26(15-11-23)33(35)36)41(22-25-6-3-2-4-7-25)32(42)19-13-24-8-5-9-27(20-24)34(37)38/h2-11,14-17,20-21H,12-13,18-19,22H2,1H3,(H3,35,36)(H3,37,38). The van der Waals surface area contributed by atoms with Gasteiger partial charge in [0, 0.05) is 36.7 Å². The molecule has 42 heavy (non-hydrogen) atoms. The van der Waals surface area contributed by atoms with E-state index in [1.807, 2.05) is 103 Å². The molecule has 1 aromatic heterocycles. The average molecular weight is 558 g/mol. The Kier molecular flexibility index (Phi) is 8.43. The monoisotopic (exact) mass is 557 g/mol. The molecule has 212 valence electrons. The van der Waals surface area contributed by atoms with E-state index in [1.165, 1.54) is 0 Å². The third-order valence-electron chi connectivity index (χ3n) is 7.52. The predicted molar refractivity (Wildman–Crippen MR) is 169 cm³/mol. The fourth-order valence-corrected chi connectivity index (χ4v) is 5.11. The zero-order valence-corrected chi connectivity index (χ0v) is 23.7. The molecular weight excluding hydrogens is 522 g/mol. The van der Waals surface area contributed by atoms with E-state index in [4.69, 9.17) is 27.3 Å². The van der Waals surface area contributed by atoms with Gasteiger partial charge in [-0.2, -0.15) is 0 Å². The van der Waals surface area contributed by atoms with Crippen molar-refractivity contribution in [2.45, 2.75) is 32.2 Å². The zero-order chi connectivity index (χ0) is 29.6. The summed E-state index contributed by atoms with van der Waals surface area (Å²) < 4.78 is 2.11. The van der Waals surface area contributed by atoms with Crippen LogP contribution >= 0.6 is 0 Å². The SMILES string of the molecule is Cn1c(CCc2ccc(C(=N)N)cc2)nc2cc(N(Cc3ccccc3)C(=O)CCc3cccc(C(=N)N)c3)ccc21. The number of nitrogens with two attached hydrogens (primary N) is 2. The number of imidazole rings is 1. The van der Waals surface area contributed by atoms with Crippen LogP contribution < -0.4 is 16.4 Å². The van der Waals surface area contributed by atoms with Crippen molar-refractivity contribution in [3.05, 3.63) is 131 Å². The summed E-state index contributed by atoms with van der Waals surface area (Å²) in [6.07, 6.45) is 2.44. The second-order valence-corrected chi connectivity index (χ2v) is 10.5. The fourth-order valence-electron chi connectivity index (χ4n) is 5.11. The Morgan fingerprint density at radius 2 is 1.48 bits per heavy atom. The van der Waals surface area contributed by atoms with Crippen molar-refractivity contribution in [3.63, 3.8) is 0 Å². The Morgan fingerprint density at radius 3 is 2.19 bits per heavy atom. The van der Waals surface area contributed by atoms with Gasteiger partial charge in [0.1, 0.15) is 17.5 Å². The quantitative estimate of drug-likeness (QED) is 0.133.